The molecule has 0 unspecified atom stereocenters. The van der Waals surface area contributed by atoms with Gasteiger partial charge < -0.3 is 5.73 Å². The maximum Gasteiger partial charge on any atom is 0.243 e. The second kappa shape index (κ2) is 4.59. The molecule has 0 bridgehead atoms. The van der Waals surface area contributed by atoms with Gasteiger partial charge in [-0.25, -0.2) is 8.42 Å². The lowest BCUT2D eigenvalue weighted by atomic mass is 10.3. The van der Waals surface area contributed by atoms with Crippen molar-refractivity contribution in [3.8, 4) is 0 Å². The molecule has 0 heterocycles. The smallest absolute Gasteiger partial charge is 0.243 e. The van der Waals surface area contributed by atoms with Gasteiger partial charge in [0.25, 0.3) is 0 Å². The number of hydrogen-bond donors (Lipinski definition) is 1. The predicted octanol–water partition coefficient (Wildman–Crippen LogP) is 2.20. The molecular formula is C11H15BrN2O2S. The lowest BCUT2D eigenvalue weighted by Crippen LogP contribution is -2.32. The van der Waals surface area contributed by atoms with Crippen LogP contribution in [0, 0.1) is 0 Å². The van der Waals surface area contributed by atoms with Gasteiger partial charge in [0, 0.05) is 22.7 Å². The fourth-order valence-corrected chi connectivity index (χ4v) is 3.78. The highest BCUT2D eigenvalue weighted by Crippen LogP contribution is 2.33. The molecule has 4 nitrogen and oxygen atoms in total. The minimum atomic E-state index is -3.39. The second-order valence-electron chi connectivity index (χ2n) is 4.12. The zero-order chi connectivity index (χ0) is 12.6. The summed E-state index contributed by atoms with van der Waals surface area (Å²) < 4.78 is 27.0. The molecule has 1 saturated carbocycles. The van der Waals surface area contributed by atoms with Gasteiger partial charge in [-0.05, 0) is 47.0 Å². The standard InChI is InChI=1S/C11H15BrN2O2S/c1-2-14(8-3-4-8)17(15,16)9-5-6-10(12)11(13)7-9/h5-8H,2-4,13H2,1H3. The van der Waals surface area contributed by atoms with Crippen LogP contribution >= 0.6 is 15.9 Å². The van der Waals surface area contributed by atoms with Crippen LogP contribution in [0.3, 0.4) is 0 Å². The zero-order valence-electron chi connectivity index (χ0n) is 9.56. The maximum atomic E-state index is 12.4. The van der Waals surface area contributed by atoms with E-state index in [9.17, 15) is 8.42 Å². The van der Waals surface area contributed by atoms with Crippen LogP contribution in [0.15, 0.2) is 27.6 Å². The number of nitrogen functional groups attached to an aromatic ring is 1. The van der Waals surface area contributed by atoms with E-state index in [2.05, 4.69) is 15.9 Å². The molecule has 1 aliphatic rings. The number of sulfonamides is 1. The Morgan fingerprint density at radius 2 is 2.12 bits per heavy atom. The van der Waals surface area contributed by atoms with Crippen molar-refractivity contribution >= 4 is 31.6 Å². The molecule has 1 aromatic carbocycles. The summed E-state index contributed by atoms with van der Waals surface area (Å²) in [5.41, 5.74) is 6.16. The number of hydrogen-bond acceptors (Lipinski definition) is 3. The van der Waals surface area contributed by atoms with Crippen LogP contribution in [-0.2, 0) is 10.0 Å². The molecule has 0 radical (unpaired) electrons. The van der Waals surface area contributed by atoms with E-state index >= 15 is 0 Å². The minimum Gasteiger partial charge on any atom is -0.398 e. The molecule has 0 aliphatic heterocycles. The first-order chi connectivity index (χ1) is 7.96. The Labute approximate surface area is 110 Å². The first-order valence-electron chi connectivity index (χ1n) is 5.53. The Balaban J connectivity index is 2.39. The molecule has 0 aromatic heterocycles. The number of benzene rings is 1. The molecule has 0 spiro atoms. The van der Waals surface area contributed by atoms with Gasteiger partial charge in [-0.2, -0.15) is 4.31 Å². The highest BCUT2D eigenvalue weighted by molar-refractivity contribution is 9.10. The molecular weight excluding hydrogens is 304 g/mol. The Bertz CT molecular complexity index is 526. The summed E-state index contributed by atoms with van der Waals surface area (Å²) >= 11 is 3.26. The topological polar surface area (TPSA) is 63.4 Å². The van der Waals surface area contributed by atoms with E-state index in [0.29, 0.717) is 16.7 Å². The van der Waals surface area contributed by atoms with Crippen LogP contribution in [0.5, 0.6) is 0 Å². The molecule has 6 heteroatoms. The lowest BCUT2D eigenvalue weighted by molar-refractivity contribution is 0.421. The van der Waals surface area contributed by atoms with Crippen LogP contribution in [0.1, 0.15) is 19.8 Å². The van der Waals surface area contributed by atoms with Gasteiger partial charge in [0.2, 0.25) is 10.0 Å². The monoisotopic (exact) mass is 318 g/mol. The van der Waals surface area contributed by atoms with Crippen molar-refractivity contribution in [2.24, 2.45) is 0 Å². The van der Waals surface area contributed by atoms with Gasteiger partial charge in [0.05, 0.1) is 4.90 Å². The molecule has 94 valence electrons. The largest absolute Gasteiger partial charge is 0.398 e. The number of nitrogens with zero attached hydrogens (tertiary/aromatic N) is 1. The van der Waals surface area contributed by atoms with Crippen molar-refractivity contribution in [2.45, 2.75) is 30.7 Å². The fraction of sp³-hybridized carbons (Fsp3) is 0.455. The molecule has 0 saturated heterocycles. The van der Waals surface area contributed by atoms with Gasteiger partial charge >= 0.3 is 0 Å². The van der Waals surface area contributed by atoms with Crippen LogP contribution in [0.25, 0.3) is 0 Å². The molecule has 1 aliphatic carbocycles. The first-order valence-corrected chi connectivity index (χ1v) is 7.77. The van der Waals surface area contributed by atoms with Crippen molar-refractivity contribution in [3.63, 3.8) is 0 Å². The van der Waals surface area contributed by atoms with Gasteiger partial charge in [-0.1, -0.05) is 6.92 Å². The highest BCUT2D eigenvalue weighted by Gasteiger charge is 2.36. The maximum absolute atomic E-state index is 12.4. The molecule has 0 amide bonds. The van der Waals surface area contributed by atoms with Crippen LogP contribution in [-0.4, -0.2) is 25.3 Å². The second-order valence-corrected chi connectivity index (χ2v) is 6.87. The summed E-state index contributed by atoms with van der Waals surface area (Å²) in [7, 11) is -3.39. The van der Waals surface area contributed by atoms with Crippen LogP contribution < -0.4 is 5.73 Å². The summed E-state index contributed by atoms with van der Waals surface area (Å²) in [5, 5.41) is 0. The fourth-order valence-electron chi connectivity index (χ4n) is 1.80. The molecule has 0 atom stereocenters. The normalized spacial score (nSPS) is 16.4. The molecule has 2 rings (SSSR count). The summed E-state index contributed by atoms with van der Waals surface area (Å²) in [5.74, 6) is 0. The van der Waals surface area contributed by atoms with E-state index in [1.807, 2.05) is 6.92 Å². The number of rotatable bonds is 4. The Kier molecular flexibility index (Phi) is 3.47. The quantitative estimate of drug-likeness (QED) is 0.866. The molecule has 17 heavy (non-hydrogen) atoms. The minimum absolute atomic E-state index is 0.176. The van der Waals surface area contributed by atoms with Crippen molar-refractivity contribution in [3.05, 3.63) is 22.7 Å². The SMILES string of the molecule is CCN(C1CC1)S(=O)(=O)c1ccc(Br)c(N)c1. The van der Waals surface area contributed by atoms with Crippen LogP contribution in [0.2, 0.25) is 0 Å². The summed E-state index contributed by atoms with van der Waals surface area (Å²) in [6.45, 7) is 2.36. The highest BCUT2D eigenvalue weighted by atomic mass is 79.9. The Morgan fingerprint density at radius 3 is 2.59 bits per heavy atom. The third-order valence-electron chi connectivity index (χ3n) is 2.84. The number of nitrogens with two attached hydrogens (primary N) is 1. The molecule has 2 N–H and O–H groups in total. The Hall–Kier alpha value is -0.590. The third-order valence-corrected chi connectivity index (χ3v) is 5.59. The van der Waals surface area contributed by atoms with E-state index in [-0.39, 0.29) is 10.9 Å². The zero-order valence-corrected chi connectivity index (χ0v) is 12.0. The van der Waals surface area contributed by atoms with E-state index < -0.39 is 10.0 Å². The van der Waals surface area contributed by atoms with Gasteiger partial charge in [0.1, 0.15) is 0 Å². The van der Waals surface area contributed by atoms with E-state index in [1.165, 1.54) is 6.07 Å². The molecule has 1 aromatic rings. The van der Waals surface area contributed by atoms with Crippen molar-refractivity contribution in [1.82, 2.24) is 4.31 Å². The predicted molar refractivity (Wildman–Crippen MR) is 71.1 cm³/mol. The average Bonchev–Trinajstić information content (AvgIpc) is 3.07. The summed E-state index contributed by atoms with van der Waals surface area (Å²) in [4.78, 5) is 0.270. The van der Waals surface area contributed by atoms with Crippen molar-refractivity contribution in [1.29, 1.82) is 0 Å². The summed E-state index contributed by atoms with van der Waals surface area (Å²) in [6, 6.07) is 4.93. The van der Waals surface area contributed by atoms with Crippen LogP contribution in [0.4, 0.5) is 5.69 Å². The Morgan fingerprint density at radius 1 is 1.47 bits per heavy atom. The van der Waals surface area contributed by atoms with E-state index in [4.69, 9.17) is 5.73 Å². The van der Waals surface area contributed by atoms with E-state index in [1.54, 1.807) is 16.4 Å². The van der Waals surface area contributed by atoms with Crippen molar-refractivity contribution < 1.29 is 8.42 Å². The lowest BCUT2D eigenvalue weighted by Gasteiger charge is -2.20. The third kappa shape index (κ3) is 2.48. The first kappa shape index (κ1) is 12.9. The van der Waals surface area contributed by atoms with Gasteiger partial charge in [0.15, 0.2) is 0 Å². The van der Waals surface area contributed by atoms with E-state index in [0.717, 1.165) is 12.8 Å². The summed E-state index contributed by atoms with van der Waals surface area (Å²) in [6.07, 6.45) is 1.91. The molecule has 1 fully saturated rings. The van der Waals surface area contributed by atoms with Gasteiger partial charge in [-0.3, -0.25) is 0 Å². The number of anilines is 1. The van der Waals surface area contributed by atoms with Crippen molar-refractivity contribution in [2.75, 3.05) is 12.3 Å². The van der Waals surface area contributed by atoms with Gasteiger partial charge in [-0.15, -0.1) is 0 Å². The number of halogens is 1. The average molecular weight is 319 g/mol.